The molecule has 1 fully saturated rings. The Labute approximate surface area is 86.6 Å². The SMILES string of the molecule is CC(C)C[C@@H]1NC(=O)CN[C@@H]1C(C)C. The van der Waals surface area contributed by atoms with Gasteiger partial charge in [0.15, 0.2) is 0 Å². The predicted molar refractivity (Wildman–Crippen MR) is 58.0 cm³/mol. The molecule has 0 radical (unpaired) electrons. The first-order valence-electron chi connectivity index (χ1n) is 5.53. The Morgan fingerprint density at radius 2 is 2.00 bits per heavy atom. The van der Waals surface area contributed by atoms with Crippen LogP contribution in [0.1, 0.15) is 34.1 Å². The molecule has 0 saturated carbocycles. The number of rotatable bonds is 3. The van der Waals surface area contributed by atoms with Gasteiger partial charge in [0.25, 0.3) is 0 Å². The van der Waals surface area contributed by atoms with Gasteiger partial charge >= 0.3 is 0 Å². The highest BCUT2D eigenvalue weighted by molar-refractivity contribution is 5.79. The van der Waals surface area contributed by atoms with Crippen LogP contribution in [0.5, 0.6) is 0 Å². The third-order valence-corrected chi connectivity index (χ3v) is 2.72. The summed E-state index contributed by atoms with van der Waals surface area (Å²) in [6.07, 6.45) is 1.06. The van der Waals surface area contributed by atoms with Crippen molar-refractivity contribution in [3.8, 4) is 0 Å². The molecule has 14 heavy (non-hydrogen) atoms. The van der Waals surface area contributed by atoms with Crippen molar-refractivity contribution < 1.29 is 4.79 Å². The largest absolute Gasteiger partial charge is 0.351 e. The molecule has 1 rings (SSSR count). The number of nitrogens with one attached hydrogen (secondary N) is 2. The van der Waals surface area contributed by atoms with Gasteiger partial charge in [0.2, 0.25) is 5.91 Å². The maximum Gasteiger partial charge on any atom is 0.234 e. The average Bonchev–Trinajstić information content (AvgIpc) is 2.01. The molecule has 1 saturated heterocycles. The van der Waals surface area contributed by atoms with Gasteiger partial charge in [-0.3, -0.25) is 4.79 Å². The monoisotopic (exact) mass is 198 g/mol. The lowest BCUT2D eigenvalue weighted by atomic mass is 9.89. The van der Waals surface area contributed by atoms with Crippen molar-refractivity contribution in [1.82, 2.24) is 10.6 Å². The van der Waals surface area contributed by atoms with Crippen molar-refractivity contribution in [3.05, 3.63) is 0 Å². The van der Waals surface area contributed by atoms with Crippen LogP contribution in [0, 0.1) is 11.8 Å². The van der Waals surface area contributed by atoms with Gasteiger partial charge in [-0.05, 0) is 18.3 Å². The zero-order chi connectivity index (χ0) is 10.7. The minimum absolute atomic E-state index is 0.132. The fourth-order valence-corrected chi connectivity index (χ4v) is 2.11. The molecule has 3 nitrogen and oxygen atoms in total. The molecule has 82 valence electrons. The first-order chi connectivity index (χ1) is 6.50. The number of carbonyl (C=O) groups is 1. The summed E-state index contributed by atoms with van der Waals surface area (Å²) < 4.78 is 0. The lowest BCUT2D eigenvalue weighted by molar-refractivity contribution is -0.123. The molecular formula is C11H22N2O. The van der Waals surface area contributed by atoms with Gasteiger partial charge in [0.05, 0.1) is 6.54 Å². The van der Waals surface area contributed by atoms with E-state index in [9.17, 15) is 4.79 Å². The van der Waals surface area contributed by atoms with E-state index in [0.717, 1.165) is 6.42 Å². The quantitative estimate of drug-likeness (QED) is 0.714. The number of hydrogen-bond donors (Lipinski definition) is 2. The van der Waals surface area contributed by atoms with Crippen LogP contribution in [-0.2, 0) is 4.79 Å². The van der Waals surface area contributed by atoms with Crippen molar-refractivity contribution in [2.75, 3.05) is 6.54 Å². The molecule has 1 amide bonds. The molecule has 1 heterocycles. The number of carbonyl (C=O) groups excluding carboxylic acids is 1. The summed E-state index contributed by atoms with van der Waals surface area (Å²) in [5.41, 5.74) is 0. The molecule has 0 unspecified atom stereocenters. The molecule has 0 bridgehead atoms. The highest BCUT2D eigenvalue weighted by Crippen LogP contribution is 2.16. The molecule has 0 aromatic rings. The molecular weight excluding hydrogens is 176 g/mol. The predicted octanol–water partition coefficient (Wildman–Crippen LogP) is 1.15. The van der Waals surface area contributed by atoms with E-state index in [0.29, 0.717) is 30.5 Å². The lowest BCUT2D eigenvalue weighted by Crippen LogP contribution is -2.60. The standard InChI is InChI=1S/C11H22N2O/c1-7(2)5-9-11(8(3)4)12-6-10(14)13-9/h7-9,11-12H,5-6H2,1-4H3,(H,13,14)/t9-,11+/m0/s1. The summed E-state index contributed by atoms with van der Waals surface area (Å²) in [6.45, 7) is 9.25. The Balaban J connectivity index is 2.58. The second-order valence-corrected chi connectivity index (χ2v) is 4.95. The molecule has 0 spiro atoms. The summed E-state index contributed by atoms with van der Waals surface area (Å²) in [4.78, 5) is 11.2. The third kappa shape index (κ3) is 2.98. The van der Waals surface area contributed by atoms with Crippen LogP contribution >= 0.6 is 0 Å². The summed E-state index contributed by atoms with van der Waals surface area (Å²) in [6, 6.07) is 0.728. The van der Waals surface area contributed by atoms with Crippen molar-refractivity contribution in [1.29, 1.82) is 0 Å². The molecule has 1 aliphatic heterocycles. The minimum Gasteiger partial charge on any atom is -0.351 e. The van der Waals surface area contributed by atoms with E-state index in [1.807, 2.05) is 0 Å². The molecule has 0 aliphatic carbocycles. The lowest BCUT2D eigenvalue weighted by Gasteiger charge is -2.36. The highest BCUT2D eigenvalue weighted by atomic mass is 16.2. The number of hydrogen-bond acceptors (Lipinski definition) is 2. The second kappa shape index (κ2) is 4.78. The van der Waals surface area contributed by atoms with Crippen LogP contribution in [-0.4, -0.2) is 24.5 Å². The van der Waals surface area contributed by atoms with Crippen molar-refractivity contribution in [2.45, 2.75) is 46.2 Å². The van der Waals surface area contributed by atoms with Crippen LogP contribution in [0.25, 0.3) is 0 Å². The van der Waals surface area contributed by atoms with Crippen LogP contribution in [0.2, 0.25) is 0 Å². The molecule has 2 atom stereocenters. The van der Waals surface area contributed by atoms with E-state index in [1.54, 1.807) is 0 Å². The Hall–Kier alpha value is -0.570. The fourth-order valence-electron chi connectivity index (χ4n) is 2.11. The summed E-state index contributed by atoms with van der Waals surface area (Å²) in [5.74, 6) is 1.33. The summed E-state index contributed by atoms with van der Waals surface area (Å²) in [5, 5.41) is 6.39. The average molecular weight is 198 g/mol. The van der Waals surface area contributed by atoms with Crippen molar-refractivity contribution in [3.63, 3.8) is 0 Å². The molecule has 0 aromatic carbocycles. The van der Waals surface area contributed by atoms with Crippen molar-refractivity contribution in [2.24, 2.45) is 11.8 Å². The zero-order valence-electron chi connectivity index (χ0n) is 9.63. The van der Waals surface area contributed by atoms with Gasteiger partial charge in [-0.25, -0.2) is 0 Å². The number of amides is 1. The van der Waals surface area contributed by atoms with Gasteiger partial charge in [0.1, 0.15) is 0 Å². The fraction of sp³-hybridized carbons (Fsp3) is 0.909. The first-order valence-corrected chi connectivity index (χ1v) is 5.53. The van der Waals surface area contributed by atoms with Gasteiger partial charge < -0.3 is 10.6 Å². The van der Waals surface area contributed by atoms with E-state index in [4.69, 9.17) is 0 Å². The summed E-state index contributed by atoms with van der Waals surface area (Å²) in [7, 11) is 0. The van der Waals surface area contributed by atoms with Crippen LogP contribution in [0.4, 0.5) is 0 Å². The first kappa shape index (κ1) is 11.5. The van der Waals surface area contributed by atoms with E-state index in [1.165, 1.54) is 0 Å². The van der Waals surface area contributed by atoms with E-state index in [-0.39, 0.29) is 5.91 Å². The van der Waals surface area contributed by atoms with Gasteiger partial charge in [0, 0.05) is 12.1 Å². The second-order valence-electron chi connectivity index (χ2n) is 4.95. The van der Waals surface area contributed by atoms with Crippen LogP contribution < -0.4 is 10.6 Å². The smallest absolute Gasteiger partial charge is 0.234 e. The minimum atomic E-state index is 0.132. The van der Waals surface area contributed by atoms with E-state index in [2.05, 4.69) is 38.3 Å². The molecule has 3 heteroatoms. The Kier molecular flexibility index (Phi) is 3.93. The van der Waals surface area contributed by atoms with E-state index < -0.39 is 0 Å². The van der Waals surface area contributed by atoms with E-state index >= 15 is 0 Å². The van der Waals surface area contributed by atoms with Gasteiger partial charge in [-0.2, -0.15) is 0 Å². The Morgan fingerprint density at radius 1 is 1.36 bits per heavy atom. The maximum absolute atomic E-state index is 11.2. The van der Waals surface area contributed by atoms with Crippen LogP contribution in [0.3, 0.4) is 0 Å². The highest BCUT2D eigenvalue weighted by Gasteiger charge is 2.30. The molecule has 2 N–H and O–H groups in total. The van der Waals surface area contributed by atoms with Gasteiger partial charge in [-0.1, -0.05) is 27.7 Å². The Morgan fingerprint density at radius 3 is 2.50 bits per heavy atom. The third-order valence-electron chi connectivity index (χ3n) is 2.72. The normalized spacial score (nSPS) is 28.3. The summed E-state index contributed by atoms with van der Waals surface area (Å²) >= 11 is 0. The topological polar surface area (TPSA) is 41.1 Å². The van der Waals surface area contributed by atoms with Gasteiger partial charge in [-0.15, -0.1) is 0 Å². The molecule has 0 aromatic heterocycles. The van der Waals surface area contributed by atoms with Crippen molar-refractivity contribution >= 4 is 5.91 Å². The zero-order valence-corrected chi connectivity index (χ0v) is 9.63. The number of piperazine rings is 1. The molecule has 1 aliphatic rings. The van der Waals surface area contributed by atoms with Crippen LogP contribution in [0.15, 0.2) is 0 Å². The maximum atomic E-state index is 11.2. The Bertz CT molecular complexity index is 201.